The molecule has 0 N–H and O–H groups in total. The average molecular weight is 388 g/mol. The molecule has 4 nitrogen and oxygen atoms in total. The van der Waals surface area contributed by atoms with E-state index in [4.69, 9.17) is 0 Å². The van der Waals surface area contributed by atoms with Crippen LogP contribution in [-0.2, 0) is 17.6 Å². The van der Waals surface area contributed by atoms with Gasteiger partial charge in [0, 0.05) is 29.2 Å². The molecule has 0 unspecified atom stereocenters. The fourth-order valence-electron chi connectivity index (χ4n) is 2.95. The van der Waals surface area contributed by atoms with Crippen LogP contribution in [0.2, 0.25) is 0 Å². The van der Waals surface area contributed by atoms with Crippen LogP contribution >= 0.6 is 0 Å². The van der Waals surface area contributed by atoms with Gasteiger partial charge in [0.05, 0.1) is 23.9 Å². The van der Waals surface area contributed by atoms with E-state index < -0.39 is 11.8 Å². The van der Waals surface area contributed by atoms with Crippen LogP contribution in [0.4, 0.5) is 4.39 Å². The number of rotatable bonds is 4. The van der Waals surface area contributed by atoms with Crippen LogP contribution in [-0.4, -0.2) is 23.0 Å². The van der Waals surface area contributed by atoms with Crippen LogP contribution in [0.15, 0.2) is 48.8 Å². The minimum Gasteiger partial charge on any atom is -0.465 e. The molecule has 3 rings (SSSR count). The van der Waals surface area contributed by atoms with Gasteiger partial charge in [-0.25, -0.2) is 9.18 Å². The maximum Gasteiger partial charge on any atom is 0.340 e. The average Bonchev–Trinajstić information content (AvgIpc) is 2.77. The first-order chi connectivity index (χ1) is 14.1. The molecule has 2 aromatic heterocycles. The van der Waals surface area contributed by atoms with Gasteiger partial charge in [-0.05, 0) is 48.7 Å². The predicted molar refractivity (Wildman–Crippen MR) is 110 cm³/mol. The molecule has 2 heterocycles. The minimum absolute atomic E-state index is 0.101. The summed E-state index contributed by atoms with van der Waals surface area (Å²) in [5, 5.41) is 0. The normalized spacial score (nSPS) is 10.2. The third kappa shape index (κ3) is 4.49. The van der Waals surface area contributed by atoms with Crippen molar-refractivity contribution in [3.63, 3.8) is 0 Å². The van der Waals surface area contributed by atoms with E-state index >= 15 is 0 Å². The number of aryl methyl sites for hydroxylation is 2. The van der Waals surface area contributed by atoms with Crippen LogP contribution in [0.25, 0.3) is 11.1 Å². The molecule has 3 aromatic rings. The fourth-order valence-corrected chi connectivity index (χ4v) is 2.95. The molecular formula is C24H21FN2O2. The Balaban J connectivity index is 2.06. The van der Waals surface area contributed by atoms with Gasteiger partial charge >= 0.3 is 5.97 Å². The molecule has 0 bridgehead atoms. The van der Waals surface area contributed by atoms with Gasteiger partial charge in [-0.3, -0.25) is 9.97 Å². The summed E-state index contributed by atoms with van der Waals surface area (Å²) >= 11 is 0. The summed E-state index contributed by atoms with van der Waals surface area (Å²) in [6.07, 6.45) is 4.99. The van der Waals surface area contributed by atoms with Gasteiger partial charge in [-0.2, -0.15) is 0 Å². The molecular weight excluding hydrogens is 367 g/mol. The van der Waals surface area contributed by atoms with Crippen LogP contribution < -0.4 is 0 Å². The van der Waals surface area contributed by atoms with E-state index in [2.05, 4.69) is 26.5 Å². The number of carbonyl (C=O) groups is 1. The summed E-state index contributed by atoms with van der Waals surface area (Å²) in [5.41, 5.74) is 4.65. The van der Waals surface area contributed by atoms with E-state index in [9.17, 15) is 9.18 Å². The first-order valence-electron chi connectivity index (χ1n) is 9.40. The van der Waals surface area contributed by atoms with Gasteiger partial charge in [0.1, 0.15) is 5.82 Å². The van der Waals surface area contributed by atoms with E-state index in [0.29, 0.717) is 12.0 Å². The van der Waals surface area contributed by atoms with Crippen molar-refractivity contribution >= 4 is 5.97 Å². The molecule has 0 amide bonds. The van der Waals surface area contributed by atoms with Crippen molar-refractivity contribution in [2.75, 3.05) is 7.11 Å². The number of pyridine rings is 2. The van der Waals surface area contributed by atoms with Crippen molar-refractivity contribution < 1.29 is 13.9 Å². The lowest BCUT2D eigenvalue weighted by atomic mass is 9.97. The molecule has 0 aliphatic heterocycles. The molecule has 0 radical (unpaired) electrons. The summed E-state index contributed by atoms with van der Waals surface area (Å²) in [5.74, 6) is 4.97. The van der Waals surface area contributed by atoms with E-state index in [-0.39, 0.29) is 5.56 Å². The Morgan fingerprint density at radius 1 is 1.07 bits per heavy atom. The van der Waals surface area contributed by atoms with E-state index in [1.165, 1.54) is 19.2 Å². The summed E-state index contributed by atoms with van der Waals surface area (Å²) in [6.45, 7) is 4.05. The van der Waals surface area contributed by atoms with Crippen molar-refractivity contribution in [1.29, 1.82) is 0 Å². The maximum atomic E-state index is 14.4. The fraction of sp³-hybridized carbons (Fsp3) is 0.208. The molecule has 5 heteroatoms. The second kappa shape index (κ2) is 9.11. The number of aromatic nitrogens is 2. The number of hydrogen-bond acceptors (Lipinski definition) is 4. The van der Waals surface area contributed by atoms with E-state index in [1.807, 2.05) is 26.0 Å². The summed E-state index contributed by atoms with van der Waals surface area (Å²) in [6, 6.07) is 10.1. The van der Waals surface area contributed by atoms with Crippen LogP contribution in [0, 0.1) is 17.7 Å². The van der Waals surface area contributed by atoms with Crippen molar-refractivity contribution in [2.24, 2.45) is 0 Å². The second-order valence-corrected chi connectivity index (χ2v) is 6.36. The number of methoxy groups -OCH3 is 1. The maximum absolute atomic E-state index is 14.4. The Kier molecular flexibility index (Phi) is 6.36. The van der Waals surface area contributed by atoms with Crippen molar-refractivity contribution in [2.45, 2.75) is 26.7 Å². The lowest BCUT2D eigenvalue weighted by molar-refractivity contribution is 0.0595. The standard InChI is InChI=1S/C24H21FN2O2/c1-4-18-9-6-16(15-27-18)7-10-20-19(12-13-26-23(20)5-2)17-8-11-21(22(25)14-17)24(28)29-3/h6,8-9,11-15H,4-5H2,1-3H3. The summed E-state index contributed by atoms with van der Waals surface area (Å²) in [7, 11) is 1.22. The third-order valence-electron chi connectivity index (χ3n) is 4.57. The largest absolute Gasteiger partial charge is 0.465 e. The monoisotopic (exact) mass is 388 g/mol. The Morgan fingerprint density at radius 2 is 1.90 bits per heavy atom. The highest BCUT2D eigenvalue weighted by atomic mass is 19.1. The zero-order valence-corrected chi connectivity index (χ0v) is 16.6. The SMILES string of the molecule is CCc1ccc(C#Cc2c(-c3ccc(C(=O)OC)c(F)c3)ccnc2CC)cn1. The van der Waals surface area contributed by atoms with Crippen LogP contribution in [0.5, 0.6) is 0 Å². The molecule has 1 aromatic carbocycles. The summed E-state index contributed by atoms with van der Waals surface area (Å²) < 4.78 is 19.1. The van der Waals surface area contributed by atoms with Crippen molar-refractivity contribution in [1.82, 2.24) is 9.97 Å². The zero-order chi connectivity index (χ0) is 20.8. The first-order valence-corrected chi connectivity index (χ1v) is 9.40. The Labute approximate surface area is 169 Å². The van der Waals surface area contributed by atoms with Gasteiger partial charge in [-0.15, -0.1) is 0 Å². The molecule has 0 saturated carbocycles. The van der Waals surface area contributed by atoms with Gasteiger partial charge in [-0.1, -0.05) is 31.8 Å². The molecule has 0 atom stereocenters. The highest BCUT2D eigenvalue weighted by molar-refractivity contribution is 5.90. The predicted octanol–water partition coefficient (Wildman–Crippen LogP) is 4.59. The molecule has 0 aliphatic carbocycles. The van der Waals surface area contributed by atoms with E-state index in [0.717, 1.165) is 34.5 Å². The molecule has 0 spiro atoms. The quantitative estimate of drug-likeness (QED) is 0.484. The number of carbonyl (C=O) groups excluding carboxylic acids is 1. The smallest absolute Gasteiger partial charge is 0.340 e. The second-order valence-electron chi connectivity index (χ2n) is 6.36. The Morgan fingerprint density at radius 3 is 2.52 bits per heavy atom. The van der Waals surface area contributed by atoms with Crippen LogP contribution in [0.3, 0.4) is 0 Å². The molecule has 0 saturated heterocycles. The van der Waals surface area contributed by atoms with Crippen molar-refractivity contribution in [3.05, 3.63) is 82.7 Å². The zero-order valence-electron chi connectivity index (χ0n) is 16.6. The summed E-state index contributed by atoms with van der Waals surface area (Å²) in [4.78, 5) is 20.4. The third-order valence-corrected chi connectivity index (χ3v) is 4.57. The van der Waals surface area contributed by atoms with Crippen LogP contribution in [0.1, 0.15) is 46.7 Å². The van der Waals surface area contributed by atoms with Crippen molar-refractivity contribution in [3.8, 4) is 23.0 Å². The number of halogens is 1. The lowest BCUT2D eigenvalue weighted by Gasteiger charge is -2.10. The Bertz CT molecular complexity index is 1100. The Hall–Kier alpha value is -3.52. The first kappa shape index (κ1) is 20.2. The van der Waals surface area contributed by atoms with Gasteiger partial charge in [0.25, 0.3) is 0 Å². The number of hydrogen-bond donors (Lipinski definition) is 0. The van der Waals surface area contributed by atoms with Gasteiger partial charge in [0.15, 0.2) is 0 Å². The highest BCUT2D eigenvalue weighted by Crippen LogP contribution is 2.27. The van der Waals surface area contributed by atoms with E-state index in [1.54, 1.807) is 24.5 Å². The molecule has 0 aliphatic rings. The highest BCUT2D eigenvalue weighted by Gasteiger charge is 2.15. The molecule has 146 valence electrons. The minimum atomic E-state index is -0.707. The topological polar surface area (TPSA) is 52.1 Å². The number of nitrogens with zero attached hydrogens (tertiary/aromatic N) is 2. The lowest BCUT2D eigenvalue weighted by Crippen LogP contribution is -2.04. The number of ether oxygens (including phenoxy) is 1. The number of benzene rings is 1. The molecule has 0 fully saturated rings. The van der Waals surface area contributed by atoms with Gasteiger partial charge in [0.2, 0.25) is 0 Å². The number of esters is 1. The molecule has 29 heavy (non-hydrogen) atoms. The van der Waals surface area contributed by atoms with Gasteiger partial charge < -0.3 is 4.74 Å².